The summed E-state index contributed by atoms with van der Waals surface area (Å²) in [5.74, 6) is -0.767. The fourth-order valence-corrected chi connectivity index (χ4v) is 2.93. The predicted molar refractivity (Wildman–Crippen MR) is 59.0 cm³/mol. The van der Waals surface area contributed by atoms with Crippen LogP contribution >= 0.6 is 0 Å². The second kappa shape index (κ2) is 3.18. The van der Waals surface area contributed by atoms with Gasteiger partial charge in [-0.05, 0) is 31.0 Å². The van der Waals surface area contributed by atoms with Crippen molar-refractivity contribution < 1.29 is 22.8 Å². The first-order valence-electron chi connectivity index (χ1n) is 5.75. The zero-order valence-corrected chi connectivity index (χ0v) is 9.97. The summed E-state index contributed by atoms with van der Waals surface area (Å²) in [7, 11) is 0. The summed E-state index contributed by atoms with van der Waals surface area (Å²) >= 11 is 0. The first kappa shape index (κ1) is 12.2. The molecule has 1 aromatic rings. The van der Waals surface area contributed by atoms with Crippen molar-refractivity contribution in [3.63, 3.8) is 0 Å². The molecule has 2 atom stereocenters. The molecule has 1 aliphatic carbocycles. The van der Waals surface area contributed by atoms with E-state index < -0.39 is 28.5 Å². The van der Waals surface area contributed by atoms with Crippen LogP contribution in [0.25, 0.3) is 0 Å². The molecule has 3 rings (SSSR count). The van der Waals surface area contributed by atoms with E-state index in [2.05, 4.69) is 5.32 Å². The summed E-state index contributed by atoms with van der Waals surface area (Å²) in [6.45, 7) is 1.66. The summed E-state index contributed by atoms with van der Waals surface area (Å²) in [5, 5.41) is 2.24. The van der Waals surface area contributed by atoms with E-state index in [0.717, 1.165) is 12.1 Å². The Labute approximate surface area is 106 Å². The van der Waals surface area contributed by atoms with Gasteiger partial charge in [0.25, 0.3) is 0 Å². The van der Waals surface area contributed by atoms with Gasteiger partial charge in [0.15, 0.2) is 0 Å². The summed E-state index contributed by atoms with van der Waals surface area (Å²) in [5.41, 5.74) is -2.09. The maximum atomic E-state index is 12.5. The SMILES string of the molecule is C[C@@]12C[C@]1(c1ccc(C(F)(F)F)cc1)C(=O)NC2=O. The third kappa shape index (κ3) is 1.34. The van der Waals surface area contributed by atoms with Crippen molar-refractivity contribution in [2.75, 3.05) is 0 Å². The standard InChI is InChI=1S/C13H10F3NO2/c1-11-6-12(11,10(19)17-9(11)18)7-2-4-8(5-3-7)13(14,15)16/h2-5H,6H2,1H3,(H,17,18,19)/t11-,12-/m0/s1. The topological polar surface area (TPSA) is 46.2 Å². The fraction of sp³-hybridized carbons (Fsp3) is 0.385. The average molecular weight is 269 g/mol. The Morgan fingerprint density at radius 2 is 1.68 bits per heavy atom. The molecule has 0 radical (unpaired) electrons. The van der Waals surface area contributed by atoms with Crippen LogP contribution in [0.15, 0.2) is 24.3 Å². The van der Waals surface area contributed by atoms with Crippen LogP contribution in [-0.2, 0) is 21.2 Å². The average Bonchev–Trinajstić information content (AvgIpc) is 2.92. The second-order valence-electron chi connectivity index (χ2n) is 5.27. The van der Waals surface area contributed by atoms with E-state index in [0.29, 0.717) is 12.0 Å². The summed E-state index contributed by atoms with van der Waals surface area (Å²) in [4.78, 5) is 23.5. The molecule has 1 saturated carbocycles. The molecule has 0 spiro atoms. The molecule has 19 heavy (non-hydrogen) atoms. The van der Waals surface area contributed by atoms with Crippen LogP contribution in [0.5, 0.6) is 0 Å². The monoisotopic (exact) mass is 269 g/mol. The van der Waals surface area contributed by atoms with Crippen molar-refractivity contribution in [3.8, 4) is 0 Å². The number of alkyl halides is 3. The summed E-state index contributed by atoms with van der Waals surface area (Å²) < 4.78 is 37.5. The van der Waals surface area contributed by atoms with Crippen LogP contribution in [0.2, 0.25) is 0 Å². The number of amides is 2. The van der Waals surface area contributed by atoms with Gasteiger partial charge in [0.2, 0.25) is 11.8 Å². The van der Waals surface area contributed by atoms with Crippen molar-refractivity contribution in [1.29, 1.82) is 0 Å². The third-order valence-electron chi connectivity index (χ3n) is 4.26. The van der Waals surface area contributed by atoms with Gasteiger partial charge in [-0.15, -0.1) is 0 Å². The number of benzene rings is 1. The molecule has 1 N–H and O–H groups in total. The van der Waals surface area contributed by atoms with Gasteiger partial charge in [0, 0.05) is 0 Å². The second-order valence-corrected chi connectivity index (χ2v) is 5.27. The smallest absolute Gasteiger partial charge is 0.295 e. The molecule has 100 valence electrons. The van der Waals surface area contributed by atoms with Gasteiger partial charge < -0.3 is 0 Å². The minimum Gasteiger partial charge on any atom is -0.295 e. The highest BCUT2D eigenvalue weighted by Gasteiger charge is 2.78. The lowest BCUT2D eigenvalue weighted by Crippen LogP contribution is -2.30. The van der Waals surface area contributed by atoms with Gasteiger partial charge in [-0.3, -0.25) is 14.9 Å². The molecule has 0 bridgehead atoms. The van der Waals surface area contributed by atoms with Crippen LogP contribution in [-0.4, -0.2) is 11.8 Å². The Morgan fingerprint density at radius 1 is 1.11 bits per heavy atom. The van der Waals surface area contributed by atoms with Crippen molar-refractivity contribution >= 4 is 11.8 Å². The van der Waals surface area contributed by atoms with Crippen LogP contribution in [0, 0.1) is 5.41 Å². The molecule has 3 nitrogen and oxygen atoms in total. The largest absolute Gasteiger partial charge is 0.416 e. The third-order valence-corrected chi connectivity index (χ3v) is 4.26. The van der Waals surface area contributed by atoms with Gasteiger partial charge in [-0.2, -0.15) is 13.2 Å². The maximum Gasteiger partial charge on any atom is 0.416 e. The van der Waals surface area contributed by atoms with E-state index in [4.69, 9.17) is 0 Å². The zero-order valence-electron chi connectivity index (χ0n) is 9.97. The van der Waals surface area contributed by atoms with Crippen LogP contribution in [0.3, 0.4) is 0 Å². The highest BCUT2D eigenvalue weighted by molar-refractivity contribution is 6.17. The Bertz CT molecular complexity index is 593. The fourth-order valence-electron chi connectivity index (χ4n) is 2.93. The molecule has 1 heterocycles. The zero-order chi connectivity index (χ0) is 14.1. The number of fused-ring (bicyclic) bond motifs is 1. The number of rotatable bonds is 1. The number of hydrogen-bond acceptors (Lipinski definition) is 2. The number of piperidine rings is 1. The molecule has 1 aromatic carbocycles. The first-order valence-corrected chi connectivity index (χ1v) is 5.75. The maximum absolute atomic E-state index is 12.5. The predicted octanol–water partition coefficient (Wildman–Crippen LogP) is 2.01. The highest BCUT2D eigenvalue weighted by Crippen LogP contribution is 2.67. The summed E-state index contributed by atoms with van der Waals surface area (Å²) in [6.07, 6.45) is -4.05. The molecule has 0 aromatic heterocycles. The van der Waals surface area contributed by atoms with E-state index in [1.54, 1.807) is 6.92 Å². The van der Waals surface area contributed by atoms with Crippen molar-refractivity contribution in [2.24, 2.45) is 5.41 Å². The minimum atomic E-state index is -4.41. The molecule has 6 heteroatoms. The summed E-state index contributed by atoms with van der Waals surface area (Å²) in [6, 6.07) is 4.45. The van der Waals surface area contributed by atoms with Crippen LogP contribution in [0.1, 0.15) is 24.5 Å². The molecule has 2 fully saturated rings. The number of hydrogen-bond donors (Lipinski definition) is 1. The normalized spacial score (nSPS) is 33.1. The molecule has 0 unspecified atom stereocenters. The van der Waals surface area contributed by atoms with Gasteiger partial charge in [-0.25, -0.2) is 0 Å². The molecule has 2 aliphatic rings. The van der Waals surface area contributed by atoms with Gasteiger partial charge in [-0.1, -0.05) is 12.1 Å². The van der Waals surface area contributed by atoms with Gasteiger partial charge >= 0.3 is 6.18 Å². The van der Waals surface area contributed by atoms with E-state index in [-0.39, 0.29) is 5.91 Å². The van der Waals surface area contributed by atoms with E-state index >= 15 is 0 Å². The first-order chi connectivity index (χ1) is 8.72. The highest BCUT2D eigenvalue weighted by atomic mass is 19.4. The lowest BCUT2D eigenvalue weighted by Gasteiger charge is -2.13. The number of halogens is 3. The Kier molecular flexibility index (Phi) is 2.04. The number of imide groups is 1. The van der Waals surface area contributed by atoms with E-state index in [1.165, 1.54) is 12.1 Å². The van der Waals surface area contributed by atoms with Crippen LogP contribution in [0.4, 0.5) is 13.2 Å². The van der Waals surface area contributed by atoms with Crippen LogP contribution < -0.4 is 5.32 Å². The molecule has 1 aliphatic heterocycles. The minimum absolute atomic E-state index is 0.350. The molecular formula is C13H10F3NO2. The van der Waals surface area contributed by atoms with E-state index in [9.17, 15) is 22.8 Å². The number of carbonyl (C=O) groups is 2. The quantitative estimate of drug-likeness (QED) is 0.793. The van der Waals surface area contributed by atoms with Crippen molar-refractivity contribution in [3.05, 3.63) is 35.4 Å². The molecule has 2 amide bonds. The van der Waals surface area contributed by atoms with Gasteiger partial charge in [0.1, 0.15) is 0 Å². The Hall–Kier alpha value is -1.85. The Morgan fingerprint density at radius 3 is 2.05 bits per heavy atom. The van der Waals surface area contributed by atoms with Crippen molar-refractivity contribution in [2.45, 2.75) is 24.9 Å². The number of carbonyl (C=O) groups excluding carboxylic acids is 2. The number of nitrogens with one attached hydrogen (secondary N) is 1. The lowest BCUT2D eigenvalue weighted by atomic mass is 9.88. The Balaban J connectivity index is 2.01. The van der Waals surface area contributed by atoms with Crippen molar-refractivity contribution in [1.82, 2.24) is 5.32 Å². The molecule has 1 saturated heterocycles. The van der Waals surface area contributed by atoms with E-state index in [1.807, 2.05) is 0 Å². The lowest BCUT2D eigenvalue weighted by molar-refractivity contribution is -0.137. The van der Waals surface area contributed by atoms with Gasteiger partial charge in [0.05, 0.1) is 16.4 Å². The molecular weight excluding hydrogens is 259 g/mol.